The van der Waals surface area contributed by atoms with Gasteiger partial charge in [0.05, 0.1) is 16.6 Å². The van der Waals surface area contributed by atoms with E-state index in [-0.39, 0.29) is 10.7 Å². The zero-order chi connectivity index (χ0) is 17.1. The highest BCUT2D eigenvalue weighted by Gasteiger charge is 2.39. The predicted octanol–water partition coefficient (Wildman–Crippen LogP) is 2.41. The quantitative estimate of drug-likeness (QED) is 0.719. The summed E-state index contributed by atoms with van der Waals surface area (Å²) in [5, 5.41) is 11.0. The van der Waals surface area contributed by atoms with Gasteiger partial charge >= 0.3 is 18.1 Å². The third-order valence-electron chi connectivity index (χ3n) is 3.18. The number of amides is 1. The molecule has 0 saturated carbocycles. The van der Waals surface area contributed by atoms with Crippen molar-refractivity contribution in [2.24, 2.45) is 5.92 Å². The van der Waals surface area contributed by atoms with Crippen LogP contribution in [0.3, 0.4) is 0 Å². The molecule has 0 radical (unpaired) electrons. The summed E-state index contributed by atoms with van der Waals surface area (Å²) in [5.74, 6) is -5.26. The highest BCUT2D eigenvalue weighted by atomic mass is 35.5. The molecule has 0 fully saturated rings. The number of hydrogen-bond donors (Lipinski definition) is 3. The maximum atomic E-state index is 12.2. The van der Waals surface area contributed by atoms with Crippen molar-refractivity contribution in [3.05, 3.63) is 28.8 Å². The van der Waals surface area contributed by atoms with E-state index in [0.29, 0.717) is 5.56 Å². The number of nitrogens with one attached hydrogen (secondary N) is 1. The first kappa shape index (κ1) is 18.1. The fraction of sp³-hybridized carbons (Fsp3) is 0.385. The number of nitrogens with two attached hydrogens (primary N) is 1. The van der Waals surface area contributed by atoms with E-state index in [4.69, 9.17) is 22.4 Å². The Morgan fingerprint density at radius 3 is 2.45 bits per heavy atom. The van der Waals surface area contributed by atoms with E-state index in [2.05, 4.69) is 0 Å². The van der Waals surface area contributed by atoms with Gasteiger partial charge < -0.3 is 16.2 Å². The first-order chi connectivity index (χ1) is 10.0. The molecule has 0 bridgehead atoms. The van der Waals surface area contributed by atoms with E-state index in [9.17, 15) is 22.8 Å². The molecule has 4 N–H and O–H groups in total. The van der Waals surface area contributed by atoms with Crippen LogP contribution in [0.15, 0.2) is 18.2 Å². The minimum atomic E-state index is -5.03. The Morgan fingerprint density at radius 2 is 2.00 bits per heavy atom. The highest BCUT2D eigenvalue weighted by Crippen LogP contribution is 2.29. The van der Waals surface area contributed by atoms with Gasteiger partial charge in [0.1, 0.15) is 0 Å². The van der Waals surface area contributed by atoms with Crippen LogP contribution in [0.1, 0.15) is 18.4 Å². The summed E-state index contributed by atoms with van der Waals surface area (Å²) in [5.41, 5.74) is 6.16. The number of carboxylic acid groups (broad SMARTS) is 1. The highest BCUT2D eigenvalue weighted by molar-refractivity contribution is 6.33. The lowest BCUT2D eigenvalue weighted by molar-refractivity contribution is -0.173. The van der Waals surface area contributed by atoms with Crippen molar-refractivity contribution in [3.8, 4) is 0 Å². The van der Waals surface area contributed by atoms with Crippen LogP contribution < -0.4 is 11.1 Å². The molecule has 2 atom stereocenters. The largest absolute Gasteiger partial charge is 0.481 e. The van der Waals surface area contributed by atoms with Crippen LogP contribution in [0.2, 0.25) is 5.02 Å². The topological polar surface area (TPSA) is 92.4 Å². The van der Waals surface area contributed by atoms with Gasteiger partial charge in [0.25, 0.3) is 0 Å². The van der Waals surface area contributed by atoms with Crippen molar-refractivity contribution >= 4 is 29.2 Å². The summed E-state index contributed by atoms with van der Waals surface area (Å²) < 4.78 is 36.6. The summed E-state index contributed by atoms with van der Waals surface area (Å²) >= 11 is 5.75. The van der Waals surface area contributed by atoms with Gasteiger partial charge in [-0.15, -0.1) is 0 Å². The molecule has 1 aromatic carbocycles. The molecule has 1 aromatic rings. The second kappa shape index (κ2) is 6.87. The van der Waals surface area contributed by atoms with Gasteiger partial charge in [0.2, 0.25) is 0 Å². The Hall–Kier alpha value is -1.96. The number of rotatable bonds is 5. The van der Waals surface area contributed by atoms with Gasteiger partial charge in [-0.05, 0) is 17.7 Å². The van der Waals surface area contributed by atoms with Gasteiger partial charge in [0.15, 0.2) is 0 Å². The van der Waals surface area contributed by atoms with Gasteiger partial charge in [-0.3, -0.25) is 9.59 Å². The Bertz CT molecular complexity index is 578. The third-order valence-corrected chi connectivity index (χ3v) is 3.53. The molecule has 9 heteroatoms. The van der Waals surface area contributed by atoms with Gasteiger partial charge in [-0.25, -0.2) is 0 Å². The molecule has 0 aliphatic rings. The van der Waals surface area contributed by atoms with E-state index in [1.54, 1.807) is 5.32 Å². The minimum Gasteiger partial charge on any atom is -0.481 e. The lowest BCUT2D eigenvalue weighted by atomic mass is 9.87. The SMILES string of the molecule is CC(C(=O)O)[C@@H](CNC(=O)C(F)(F)F)c1ccc(Cl)c(N)c1. The zero-order valence-electron chi connectivity index (χ0n) is 11.4. The Balaban J connectivity index is 3.01. The molecule has 5 nitrogen and oxygen atoms in total. The fourth-order valence-electron chi connectivity index (χ4n) is 1.85. The number of hydrogen-bond acceptors (Lipinski definition) is 3. The monoisotopic (exact) mass is 338 g/mol. The Labute approximate surface area is 129 Å². The molecule has 1 rings (SSSR count). The van der Waals surface area contributed by atoms with Crippen LogP contribution >= 0.6 is 11.6 Å². The summed E-state index contributed by atoms with van der Waals surface area (Å²) in [7, 11) is 0. The molecule has 122 valence electrons. The first-order valence-electron chi connectivity index (χ1n) is 6.16. The number of anilines is 1. The third kappa shape index (κ3) is 4.52. The number of alkyl halides is 3. The summed E-state index contributed by atoms with van der Waals surface area (Å²) in [6.07, 6.45) is -5.03. The van der Waals surface area contributed by atoms with E-state index in [0.717, 1.165) is 0 Å². The molecule has 0 heterocycles. The molecular formula is C13H14ClF3N2O3. The Morgan fingerprint density at radius 1 is 1.41 bits per heavy atom. The number of carbonyl (C=O) groups is 2. The second-order valence-corrected chi connectivity index (χ2v) is 5.13. The molecule has 22 heavy (non-hydrogen) atoms. The number of benzene rings is 1. The van der Waals surface area contributed by atoms with Crippen molar-refractivity contribution in [2.45, 2.75) is 19.0 Å². The number of halogens is 4. The van der Waals surface area contributed by atoms with Crippen LogP contribution in [0.4, 0.5) is 18.9 Å². The average Bonchev–Trinajstić information content (AvgIpc) is 2.41. The average molecular weight is 339 g/mol. The van der Waals surface area contributed by atoms with Gasteiger partial charge in [0, 0.05) is 12.5 Å². The zero-order valence-corrected chi connectivity index (χ0v) is 12.2. The van der Waals surface area contributed by atoms with Crippen LogP contribution in [0.5, 0.6) is 0 Å². The van der Waals surface area contributed by atoms with Crippen LogP contribution in [0.25, 0.3) is 0 Å². The number of carboxylic acids is 1. The Kier molecular flexibility index (Phi) is 5.65. The van der Waals surface area contributed by atoms with Gasteiger partial charge in [-0.2, -0.15) is 13.2 Å². The number of aliphatic carboxylic acids is 1. The molecule has 0 aromatic heterocycles. The first-order valence-corrected chi connectivity index (χ1v) is 6.54. The molecule has 0 aliphatic carbocycles. The molecule has 0 saturated heterocycles. The second-order valence-electron chi connectivity index (χ2n) is 4.72. The normalized spacial score (nSPS) is 14.2. The van der Waals surface area contributed by atoms with Crippen LogP contribution in [-0.2, 0) is 9.59 Å². The van der Waals surface area contributed by atoms with Gasteiger partial charge in [-0.1, -0.05) is 24.6 Å². The van der Waals surface area contributed by atoms with E-state index in [1.165, 1.54) is 25.1 Å². The van der Waals surface area contributed by atoms with Crippen LogP contribution in [-0.4, -0.2) is 29.7 Å². The van der Waals surface area contributed by atoms with E-state index >= 15 is 0 Å². The number of carbonyl (C=O) groups excluding carboxylic acids is 1. The standard InChI is InChI=1S/C13H14ClF3N2O3/c1-6(11(20)21)8(5-19-12(22)13(15,16)17)7-2-3-9(14)10(18)4-7/h2-4,6,8H,5,18H2,1H3,(H,19,22)(H,20,21)/t6?,8-/m1/s1. The molecule has 1 unspecified atom stereocenters. The van der Waals surface area contributed by atoms with Crippen molar-refractivity contribution < 1.29 is 27.9 Å². The molecule has 0 spiro atoms. The summed E-state index contributed by atoms with van der Waals surface area (Å²) in [4.78, 5) is 22.0. The van der Waals surface area contributed by atoms with E-state index < -0.39 is 36.4 Å². The lowest BCUT2D eigenvalue weighted by Crippen LogP contribution is -2.40. The summed E-state index contributed by atoms with van der Waals surface area (Å²) in [6.45, 7) is 0.838. The lowest BCUT2D eigenvalue weighted by Gasteiger charge is -2.22. The van der Waals surface area contributed by atoms with Crippen molar-refractivity contribution in [2.75, 3.05) is 12.3 Å². The van der Waals surface area contributed by atoms with Crippen molar-refractivity contribution in [1.82, 2.24) is 5.32 Å². The molecule has 0 aliphatic heterocycles. The molecular weight excluding hydrogens is 325 g/mol. The van der Waals surface area contributed by atoms with Crippen LogP contribution in [0, 0.1) is 5.92 Å². The van der Waals surface area contributed by atoms with E-state index in [1.807, 2.05) is 0 Å². The van der Waals surface area contributed by atoms with Crippen molar-refractivity contribution in [1.29, 1.82) is 0 Å². The fourth-order valence-corrected chi connectivity index (χ4v) is 1.97. The molecule has 1 amide bonds. The number of nitrogen functional groups attached to an aromatic ring is 1. The summed E-state index contributed by atoms with van der Waals surface area (Å²) in [6, 6.07) is 4.26. The predicted molar refractivity (Wildman–Crippen MR) is 74.5 cm³/mol. The minimum absolute atomic E-state index is 0.170. The van der Waals surface area contributed by atoms with Crippen molar-refractivity contribution in [3.63, 3.8) is 0 Å². The maximum Gasteiger partial charge on any atom is 0.471 e. The maximum absolute atomic E-state index is 12.2. The smallest absolute Gasteiger partial charge is 0.471 e.